The molecule has 0 N–H and O–H groups in total. The second-order valence-corrected chi connectivity index (χ2v) is 7.02. The zero-order valence-electron chi connectivity index (χ0n) is 14.2. The zero-order valence-corrected chi connectivity index (χ0v) is 15.1. The third-order valence-corrected chi connectivity index (χ3v) is 5.18. The maximum absolute atomic E-state index is 12.7. The van der Waals surface area contributed by atoms with Crippen molar-refractivity contribution in [2.24, 2.45) is 0 Å². The fraction of sp³-hybridized carbons (Fsp3) is 0.250. The van der Waals surface area contributed by atoms with E-state index in [0.717, 1.165) is 29.8 Å². The molecule has 1 saturated heterocycles. The first kappa shape index (κ1) is 16.7. The lowest BCUT2D eigenvalue weighted by Gasteiger charge is -2.32. The van der Waals surface area contributed by atoms with Gasteiger partial charge in [0.25, 0.3) is 5.91 Å². The molecule has 6 heteroatoms. The van der Waals surface area contributed by atoms with E-state index in [1.807, 2.05) is 40.6 Å². The molecular formula is C20H19N3O2S. The maximum atomic E-state index is 12.7. The minimum absolute atomic E-state index is 0.0363. The predicted molar refractivity (Wildman–Crippen MR) is 101 cm³/mol. The number of aromatic nitrogens is 2. The van der Waals surface area contributed by atoms with Crippen molar-refractivity contribution in [1.29, 1.82) is 0 Å². The second-order valence-electron chi connectivity index (χ2n) is 6.24. The fourth-order valence-corrected chi connectivity index (χ4v) is 3.72. The van der Waals surface area contributed by atoms with Gasteiger partial charge in [-0.25, -0.2) is 0 Å². The van der Waals surface area contributed by atoms with Crippen LogP contribution in [0.3, 0.4) is 0 Å². The van der Waals surface area contributed by atoms with Gasteiger partial charge in [-0.1, -0.05) is 0 Å². The van der Waals surface area contributed by atoms with E-state index < -0.39 is 0 Å². The van der Waals surface area contributed by atoms with Gasteiger partial charge < -0.3 is 9.64 Å². The molecule has 4 heterocycles. The largest absolute Gasteiger partial charge is 0.489 e. The molecule has 132 valence electrons. The lowest BCUT2D eigenvalue weighted by atomic mass is 10.1. The summed E-state index contributed by atoms with van der Waals surface area (Å²) in [6.45, 7) is 1.38. The van der Waals surface area contributed by atoms with Crippen LogP contribution in [0, 0.1) is 0 Å². The van der Waals surface area contributed by atoms with Crippen molar-refractivity contribution in [3.05, 3.63) is 65.2 Å². The van der Waals surface area contributed by atoms with E-state index in [0.29, 0.717) is 18.7 Å². The summed E-state index contributed by atoms with van der Waals surface area (Å²) < 4.78 is 5.93. The molecule has 1 aliphatic heterocycles. The summed E-state index contributed by atoms with van der Waals surface area (Å²) in [5.74, 6) is 0.819. The van der Waals surface area contributed by atoms with E-state index in [1.165, 1.54) is 0 Å². The first-order valence-corrected chi connectivity index (χ1v) is 9.58. The van der Waals surface area contributed by atoms with Crippen molar-refractivity contribution >= 4 is 17.2 Å². The molecule has 0 saturated carbocycles. The number of piperidine rings is 1. The molecule has 0 atom stereocenters. The maximum Gasteiger partial charge on any atom is 0.255 e. The molecule has 0 aliphatic carbocycles. The Morgan fingerprint density at radius 1 is 1.15 bits per heavy atom. The molecular weight excluding hydrogens is 346 g/mol. The average Bonchev–Trinajstić information content (AvgIpc) is 3.24. The van der Waals surface area contributed by atoms with Crippen molar-refractivity contribution in [1.82, 2.24) is 14.9 Å². The number of pyridine rings is 2. The highest BCUT2D eigenvalue weighted by Gasteiger charge is 2.25. The van der Waals surface area contributed by atoms with Crippen LogP contribution in [0.5, 0.6) is 5.75 Å². The Hall–Kier alpha value is -2.73. The number of ether oxygens (including phenoxy) is 1. The van der Waals surface area contributed by atoms with Crippen molar-refractivity contribution in [2.75, 3.05) is 13.1 Å². The Labute approximate surface area is 156 Å². The number of thiophene rings is 1. The Balaban J connectivity index is 1.34. The molecule has 0 unspecified atom stereocenters. The molecule has 0 aromatic carbocycles. The van der Waals surface area contributed by atoms with Crippen LogP contribution in [0.25, 0.3) is 11.3 Å². The van der Waals surface area contributed by atoms with Gasteiger partial charge in [0.05, 0.1) is 17.5 Å². The Bertz CT molecular complexity index is 843. The van der Waals surface area contributed by atoms with Gasteiger partial charge in [0.1, 0.15) is 11.9 Å². The summed E-state index contributed by atoms with van der Waals surface area (Å²) in [4.78, 5) is 23.1. The molecule has 5 nitrogen and oxygen atoms in total. The van der Waals surface area contributed by atoms with Gasteiger partial charge in [-0.15, -0.1) is 0 Å². The van der Waals surface area contributed by atoms with Gasteiger partial charge in [0, 0.05) is 49.3 Å². The molecule has 3 aromatic heterocycles. The van der Waals surface area contributed by atoms with Gasteiger partial charge in [-0.3, -0.25) is 14.8 Å². The van der Waals surface area contributed by atoms with Crippen molar-refractivity contribution in [3.8, 4) is 17.0 Å². The smallest absolute Gasteiger partial charge is 0.255 e. The monoisotopic (exact) mass is 365 g/mol. The van der Waals surface area contributed by atoms with Gasteiger partial charge >= 0.3 is 0 Å². The summed E-state index contributed by atoms with van der Waals surface area (Å²) >= 11 is 1.64. The molecule has 0 radical (unpaired) electrons. The SMILES string of the molecule is O=C(c1ccc(-c2ccsc2)nc1)N1CCC(Oc2cccnc2)CC1. The van der Waals surface area contributed by atoms with Crippen LogP contribution in [0.4, 0.5) is 0 Å². The first-order chi connectivity index (χ1) is 12.8. The van der Waals surface area contributed by atoms with Crippen LogP contribution in [-0.2, 0) is 0 Å². The third-order valence-electron chi connectivity index (χ3n) is 4.49. The molecule has 4 rings (SSSR count). The lowest BCUT2D eigenvalue weighted by Crippen LogP contribution is -2.41. The number of carbonyl (C=O) groups is 1. The molecule has 3 aromatic rings. The topological polar surface area (TPSA) is 55.3 Å². The lowest BCUT2D eigenvalue weighted by molar-refractivity contribution is 0.0594. The van der Waals surface area contributed by atoms with Crippen molar-refractivity contribution in [2.45, 2.75) is 18.9 Å². The zero-order chi connectivity index (χ0) is 17.8. The molecule has 1 fully saturated rings. The number of likely N-dealkylation sites (tertiary alicyclic amines) is 1. The number of rotatable bonds is 4. The van der Waals surface area contributed by atoms with Crippen LogP contribution >= 0.6 is 11.3 Å². The number of hydrogen-bond donors (Lipinski definition) is 0. The molecule has 0 spiro atoms. The number of hydrogen-bond acceptors (Lipinski definition) is 5. The summed E-state index contributed by atoms with van der Waals surface area (Å²) in [6.07, 6.45) is 6.89. The number of nitrogens with zero attached hydrogens (tertiary/aromatic N) is 3. The van der Waals surface area contributed by atoms with Gasteiger partial charge in [-0.05, 0) is 35.7 Å². The molecule has 1 aliphatic rings. The van der Waals surface area contributed by atoms with E-state index in [1.54, 1.807) is 29.9 Å². The van der Waals surface area contributed by atoms with Crippen LogP contribution in [-0.4, -0.2) is 40.0 Å². The van der Waals surface area contributed by atoms with E-state index in [2.05, 4.69) is 15.3 Å². The Kier molecular flexibility index (Phi) is 4.93. The Morgan fingerprint density at radius 2 is 2.04 bits per heavy atom. The quantitative estimate of drug-likeness (QED) is 0.704. The second kappa shape index (κ2) is 7.66. The minimum atomic E-state index is 0.0363. The minimum Gasteiger partial charge on any atom is -0.489 e. The molecule has 26 heavy (non-hydrogen) atoms. The molecule has 0 bridgehead atoms. The summed E-state index contributed by atoms with van der Waals surface area (Å²) in [5, 5.41) is 4.07. The highest BCUT2D eigenvalue weighted by molar-refractivity contribution is 7.08. The third kappa shape index (κ3) is 3.75. The van der Waals surface area contributed by atoms with Crippen LogP contribution in [0.15, 0.2) is 59.7 Å². The summed E-state index contributed by atoms with van der Waals surface area (Å²) in [6, 6.07) is 9.57. The predicted octanol–water partition coefficient (Wildman–Crippen LogP) is 3.89. The van der Waals surface area contributed by atoms with Gasteiger partial charge in [0.15, 0.2) is 0 Å². The van der Waals surface area contributed by atoms with Crippen molar-refractivity contribution < 1.29 is 9.53 Å². The fourth-order valence-electron chi connectivity index (χ4n) is 3.07. The van der Waals surface area contributed by atoms with Gasteiger partial charge in [-0.2, -0.15) is 11.3 Å². The van der Waals surface area contributed by atoms with Crippen LogP contribution < -0.4 is 4.74 Å². The van der Waals surface area contributed by atoms with E-state index >= 15 is 0 Å². The normalized spacial score (nSPS) is 15.0. The Morgan fingerprint density at radius 3 is 2.69 bits per heavy atom. The number of amides is 1. The van der Waals surface area contributed by atoms with Gasteiger partial charge in [0.2, 0.25) is 0 Å². The first-order valence-electron chi connectivity index (χ1n) is 8.64. The molecule has 1 amide bonds. The van der Waals surface area contributed by atoms with E-state index in [9.17, 15) is 4.79 Å². The van der Waals surface area contributed by atoms with E-state index in [4.69, 9.17) is 4.74 Å². The number of carbonyl (C=O) groups excluding carboxylic acids is 1. The van der Waals surface area contributed by atoms with E-state index in [-0.39, 0.29) is 12.0 Å². The highest BCUT2D eigenvalue weighted by atomic mass is 32.1. The summed E-state index contributed by atoms with van der Waals surface area (Å²) in [7, 11) is 0. The highest BCUT2D eigenvalue weighted by Crippen LogP contribution is 2.22. The average molecular weight is 365 g/mol. The summed E-state index contributed by atoms with van der Waals surface area (Å²) in [5.41, 5.74) is 2.62. The van der Waals surface area contributed by atoms with Crippen LogP contribution in [0.2, 0.25) is 0 Å². The van der Waals surface area contributed by atoms with Crippen molar-refractivity contribution in [3.63, 3.8) is 0 Å². The standard InChI is InChI=1S/C20H19N3O2S/c24-20(15-3-4-19(22-12-15)16-7-11-26-14-16)23-9-5-17(6-10-23)25-18-2-1-8-21-13-18/h1-4,7-8,11-14,17H,5-6,9-10H2. The van der Waals surface area contributed by atoms with Crippen LogP contribution in [0.1, 0.15) is 23.2 Å².